The molecule has 0 amide bonds. The summed E-state index contributed by atoms with van der Waals surface area (Å²) < 4.78 is 25.0. The van der Waals surface area contributed by atoms with Gasteiger partial charge in [0.1, 0.15) is 5.82 Å². The van der Waals surface area contributed by atoms with Crippen LogP contribution in [0.3, 0.4) is 0 Å². The van der Waals surface area contributed by atoms with Crippen LogP contribution in [0, 0.1) is 19.7 Å². The van der Waals surface area contributed by atoms with Gasteiger partial charge in [-0.2, -0.15) is 0 Å². The van der Waals surface area contributed by atoms with Gasteiger partial charge in [0.2, 0.25) is 0 Å². The van der Waals surface area contributed by atoms with Crippen molar-refractivity contribution >= 4 is 37.7 Å². The monoisotopic (exact) mass is 630 g/mol. The third-order valence-electron chi connectivity index (χ3n) is 8.51. The Morgan fingerprint density at radius 3 is 1.83 bits per heavy atom. The normalized spacial score (nSPS) is 13.3. The lowest BCUT2D eigenvalue weighted by molar-refractivity contribution is 0.0606. The van der Waals surface area contributed by atoms with Crippen LogP contribution in [0.25, 0.3) is 21.8 Å². The van der Waals surface area contributed by atoms with Crippen molar-refractivity contribution < 1.29 is 9.13 Å². The van der Waals surface area contributed by atoms with Gasteiger partial charge in [-0.1, -0.05) is 58.2 Å². The highest BCUT2D eigenvalue weighted by molar-refractivity contribution is 9.09. The smallest absolute Gasteiger partial charge is 0.123 e. The minimum absolute atomic E-state index is 0.0217. The van der Waals surface area contributed by atoms with Gasteiger partial charge in [0.25, 0.3) is 0 Å². The quantitative estimate of drug-likeness (QED) is 0.0882. The van der Waals surface area contributed by atoms with E-state index in [1.807, 2.05) is 12.1 Å². The Morgan fingerprint density at radius 1 is 0.762 bits per heavy atom. The Kier molecular flexibility index (Phi) is 10.2. The molecule has 5 aromatic rings. The fourth-order valence-corrected chi connectivity index (χ4v) is 6.45. The molecule has 42 heavy (non-hydrogen) atoms. The van der Waals surface area contributed by atoms with Crippen LogP contribution in [-0.4, -0.2) is 27.2 Å². The number of nitrogens with zero attached hydrogens (tertiary/aromatic N) is 2. The van der Waals surface area contributed by atoms with E-state index in [1.165, 1.54) is 44.1 Å². The molecule has 0 aliphatic carbocycles. The molecule has 3 nitrogen and oxygen atoms in total. The first-order valence-electron chi connectivity index (χ1n) is 15.5. The molecule has 0 saturated heterocycles. The second-order valence-corrected chi connectivity index (χ2v) is 12.6. The van der Waals surface area contributed by atoms with Gasteiger partial charge in [0, 0.05) is 65.1 Å². The number of hydrogen-bond acceptors (Lipinski definition) is 1. The van der Waals surface area contributed by atoms with Gasteiger partial charge in [-0.15, -0.1) is 0 Å². The van der Waals surface area contributed by atoms with Gasteiger partial charge >= 0.3 is 0 Å². The van der Waals surface area contributed by atoms with Crippen molar-refractivity contribution in [3.63, 3.8) is 0 Å². The van der Waals surface area contributed by atoms with Gasteiger partial charge in [-0.3, -0.25) is 0 Å². The summed E-state index contributed by atoms with van der Waals surface area (Å²) in [6.45, 7) is 11.3. The van der Waals surface area contributed by atoms with Crippen molar-refractivity contribution in [3.05, 3.63) is 107 Å². The zero-order chi connectivity index (χ0) is 29.6. The summed E-state index contributed by atoms with van der Waals surface area (Å²) in [5, 5.41) is 3.56. The fraction of sp³-hybridized carbons (Fsp3) is 0.405. The van der Waals surface area contributed by atoms with Crippen LogP contribution in [0.5, 0.6) is 0 Å². The molecule has 0 N–H and O–H groups in total. The maximum Gasteiger partial charge on any atom is 0.123 e. The molecule has 2 unspecified atom stereocenters. The largest absolute Gasteiger partial charge is 0.379 e. The molecule has 0 aliphatic heterocycles. The molecule has 0 bridgehead atoms. The highest BCUT2D eigenvalue weighted by atomic mass is 79.9. The van der Waals surface area contributed by atoms with Gasteiger partial charge < -0.3 is 13.9 Å². The van der Waals surface area contributed by atoms with Crippen LogP contribution in [0.1, 0.15) is 79.7 Å². The van der Waals surface area contributed by atoms with Crippen molar-refractivity contribution in [2.75, 3.05) is 11.9 Å². The van der Waals surface area contributed by atoms with E-state index in [-0.39, 0.29) is 11.7 Å². The van der Waals surface area contributed by atoms with Crippen LogP contribution >= 0.6 is 15.9 Å². The summed E-state index contributed by atoms with van der Waals surface area (Å²) in [5.41, 5.74) is 8.67. The molecule has 2 atom stereocenters. The second-order valence-electron chi connectivity index (χ2n) is 11.8. The molecule has 5 rings (SSSR count). The van der Waals surface area contributed by atoms with Gasteiger partial charge in [-0.25, -0.2) is 4.39 Å². The third kappa shape index (κ3) is 6.84. The molecule has 0 aliphatic rings. The topological polar surface area (TPSA) is 19.1 Å². The lowest BCUT2D eigenvalue weighted by Gasteiger charge is -2.18. The minimum atomic E-state index is -0.205. The average Bonchev–Trinajstić information content (AvgIpc) is 3.51. The number of aromatic nitrogens is 2. The molecule has 0 radical (unpaired) electrons. The summed E-state index contributed by atoms with van der Waals surface area (Å²) in [5.74, 6) is -0.227. The highest BCUT2D eigenvalue weighted by Gasteiger charge is 2.26. The Labute approximate surface area is 258 Å². The van der Waals surface area contributed by atoms with Gasteiger partial charge in [0.15, 0.2) is 0 Å². The lowest BCUT2D eigenvalue weighted by Crippen LogP contribution is -2.08. The molecular formula is C37H44BrFN2O. The first kappa shape index (κ1) is 30.6. The van der Waals surface area contributed by atoms with E-state index in [4.69, 9.17) is 4.74 Å². The van der Waals surface area contributed by atoms with E-state index in [1.54, 1.807) is 12.1 Å². The summed E-state index contributed by atoms with van der Waals surface area (Å²) >= 11 is 3.60. The Hall–Kier alpha value is -2.89. The fourth-order valence-electron chi connectivity index (χ4n) is 6.05. The van der Waals surface area contributed by atoms with E-state index in [0.29, 0.717) is 6.10 Å². The number of ether oxygens (including phenoxy) is 1. The third-order valence-corrected chi connectivity index (χ3v) is 9.07. The number of hydrogen-bond donors (Lipinski definition) is 0. The summed E-state index contributed by atoms with van der Waals surface area (Å²) in [6.07, 6.45) is 10.4. The Morgan fingerprint density at radius 2 is 1.31 bits per heavy atom. The van der Waals surface area contributed by atoms with Crippen LogP contribution in [0.4, 0.5) is 4.39 Å². The molecule has 222 valence electrons. The SMILES string of the molecule is CCC(C)OCCCCn1cc(C(c2ccc(F)cc2)c2cn(CCCCBr)c3ccc(C)cc23)c2cc(C)ccc21. The predicted octanol–water partition coefficient (Wildman–Crippen LogP) is 10.3. The molecular weight excluding hydrogens is 587 g/mol. The molecule has 5 heteroatoms. The maximum atomic E-state index is 14.2. The van der Waals surface area contributed by atoms with Crippen LogP contribution < -0.4 is 0 Å². The maximum absolute atomic E-state index is 14.2. The second kappa shape index (κ2) is 14.1. The van der Waals surface area contributed by atoms with E-state index >= 15 is 0 Å². The molecule has 2 heterocycles. The van der Waals surface area contributed by atoms with E-state index in [9.17, 15) is 4.39 Å². The summed E-state index contributed by atoms with van der Waals surface area (Å²) in [4.78, 5) is 0. The summed E-state index contributed by atoms with van der Waals surface area (Å²) in [6, 6.07) is 20.7. The minimum Gasteiger partial charge on any atom is -0.379 e. The van der Waals surface area contributed by atoms with E-state index in [0.717, 1.165) is 62.7 Å². The number of rotatable bonds is 14. The molecule has 0 spiro atoms. The lowest BCUT2D eigenvalue weighted by atomic mass is 9.84. The van der Waals surface area contributed by atoms with Gasteiger partial charge in [-0.05, 0) is 106 Å². The number of alkyl halides is 1. The van der Waals surface area contributed by atoms with Crippen molar-refractivity contribution in [1.29, 1.82) is 0 Å². The predicted molar refractivity (Wildman–Crippen MR) is 179 cm³/mol. The first-order valence-corrected chi connectivity index (χ1v) is 16.6. The standard InChI is InChI=1S/C37H44BrFN2O/c1-5-28(4)42-21-9-8-20-41-25-34(32-23-27(3)11-17-36(32)41)37(29-12-14-30(39)15-13-29)33-24-40(19-7-6-18-38)35-16-10-26(2)22-31(33)35/h10-17,22-25,28,37H,5-9,18-21H2,1-4H3. The van der Waals surface area contributed by atoms with Crippen LogP contribution in [-0.2, 0) is 17.8 Å². The van der Waals surface area contributed by atoms with Crippen molar-refractivity contribution in [3.8, 4) is 0 Å². The zero-order valence-electron chi connectivity index (χ0n) is 25.5. The van der Waals surface area contributed by atoms with Crippen molar-refractivity contribution in [2.24, 2.45) is 0 Å². The average molecular weight is 632 g/mol. The molecule has 0 saturated carbocycles. The Bertz CT molecular complexity index is 1620. The number of benzene rings is 3. The first-order chi connectivity index (χ1) is 20.4. The number of halogens is 2. The summed E-state index contributed by atoms with van der Waals surface area (Å²) in [7, 11) is 0. The van der Waals surface area contributed by atoms with E-state index < -0.39 is 0 Å². The number of fused-ring (bicyclic) bond motifs is 2. The van der Waals surface area contributed by atoms with Crippen LogP contribution in [0.15, 0.2) is 73.1 Å². The Balaban J connectivity index is 1.62. The number of unbranched alkanes of at least 4 members (excludes halogenated alkanes) is 2. The van der Waals surface area contributed by atoms with E-state index in [2.05, 4.69) is 102 Å². The number of aryl methyl sites for hydroxylation is 4. The molecule has 0 fully saturated rings. The highest BCUT2D eigenvalue weighted by Crippen LogP contribution is 2.41. The van der Waals surface area contributed by atoms with Crippen molar-refractivity contribution in [2.45, 2.75) is 84.9 Å². The van der Waals surface area contributed by atoms with Crippen molar-refractivity contribution in [1.82, 2.24) is 9.13 Å². The van der Waals surface area contributed by atoms with Gasteiger partial charge in [0.05, 0.1) is 6.10 Å². The molecule has 2 aromatic heterocycles. The van der Waals surface area contributed by atoms with Crippen LogP contribution in [0.2, 0.25) is 0 Å². The molecule has 3 aromatic carbocycles. The zero-order valence-corrected chi connectivity index (χ0v) is 27.1.